The number of nitrogens with zero attached hydrogens (tertiary/aromatic N) is 1. The molecule has 20 heavy (non-hydrogen) atoms. The van der Waals surface area contributed by atoms with Crippen LogP contribution in [0.25, 0.3) is 0 Å². The first-order valence-electron chi connectivity index (χ1n) is 6.78. The van der Waals surface area contributed by atoms with Gasteiger partial charge in [-0.15, -0.1) is 0 Å². The van der Waals surface area contributed by atoms with Gasteiger partial charge in [-0.3, -0.25) is 9.69 Å². The van der Waals surface area contributed by atoms with Gasteiger partial charge in [0, 0.05) is 5.02 Å². The number of halogens is 2. The second kappa shape index (κ2) is 6.66. The van der Waals surface area contributed by atoms with Crippen molar-refractivity contribution in [2.24, 2.45) is 0 Å². The van der Waals surface area contributed by atoms with E-state index in [0.29, 0.717) is 21.4 Å². The molecule has 1 saturated heterocycles. The normalized spacial score (nSPS) is 17.8. The van der Waals surface area contributed by atoms with Crippen LogP contribution in [-0.2, 0) is 4.79 Å². The molecule has 1 amide bonds. The fourth-order valence-electron chi connectivity index (χ4n) is 2.42. The molecule has 0 radical (unpaired) electrons. The summed E-state index contributed by atoms with van der Waals surface area (Å²) >= 11 is 11.9. The van der Waals surface area contributed by atoms with Gasteiger partial charge in [0.1, 0.15) is 0 Å². The third kappa shape index (κ3) is 3.57. The molecule has 1 unspecified atom stereocenters. The molecule has 0 bridgehead atoms. The second-order valence-electron chi connectivity index (χ2n) is 5.11. The predicted molar refractivity (Wildman–Crippen MR) is 84.4 cm³/mol. The number of hydrogen-bond donors (Lipinski definition) is 2. The van der Waals surface area contributed by atoms with Crippen LogP contribution in [0.3, 0.4) is 0 Å². The predicted octanol–water partition coefficient (Wildman–Crippen LogP) is 3.39. The van der Waals surface area contributed by atoms with E-state index >= 15 is 0 Å². The van der Waals surface area contributed by atoms with Crippen LogP contribution < -0.4 is 11.1 Å². The van der Waals surface area contributed by atoms with E-state index in [1.54, 1.807) is 12.1 Å². The highest BCUT2D eigenvalue weighted by atomic mass is 35.5. The third-order valence-electron chi connectivity index (χ3n) is 3.65. The van der Waals surface area contributed by atoms with Gasteiger partial charge in [-0.1, -0.05) is 29.6 Å². The van der Waals surface area contributed by atoms with E-state index in [1.165, 1.54) is 6.42 Å². The number of rotatable bonds is 3. The second-order valence-corrected chi connectivity index (χ2v) is 5.96. The molecule has 1 heterocycles. The molecule has 6 heteroatoms. The molecule has 1 aromatic carbocycles. The maximum Gasteiger partial charge on any atom is 0.241 e. The molecule has 1 atom stereocenters. The highest BCUT2D eigenvalue weighted by molar-refractivity contribution is 6.37. The molecule has 1 aliphatic rings. The van der Waals surface area contributed by atoms with Gasteiger partial charge in [-0.25, -0.2) is 0 Å². The maximum absolute atomic E-state index is 12.3. The summed E-state index contributed by atoms with van der Waals surface area (Å²) in [5.74, 6) is -0.0946. The number of nitrogens with two attached hydrogens (primary N) is 1. The van der Waals surface area contributed by atoms with Crippen LogP contribution in [-0.4, -0.2) is 29.9 Å². The first-order chi connectivity index (χ1) is 9.49. The van der Waals surface area contributed by atoms with Crippen LogP contribution in [0.5, 0.6) is 0 Å². The van der Waals surface area contributed by atoms with Gasteiger partial charge in [-0.2, -0.15) is 0 Å². The Hall–Kier alpha value is -0.970. The van der Waals surface area contributed by atoms with Crippen molar-refractivity contribution in [2.45, 2.75) is 32.2 Å². The smallest absolute Gasteiger partial charge is 0.241 e. The highest BCUT2D eigenvalue weighted by Gasteiger charge is 2.23. The minimum absolute atomic E-state index is 0.0946. The van der Waals surface area contributed by atoms with Crippen molar-refractivity contribution in [3.05, 3.63) is 22.2 Å². The molecule has 1 fully saturated rings. The van der Waals surface area contributed by atoms with E-state index in [0.717, 1.165) is 25.9 Å². The lowest BCUT2D eigenvalue weighted by atomic mass is 10.1. The topological polar surface area (TPSA) is 58.4 Å². The number of hydrogen-bond acceptors (Lipinski definition) is 3. The zero-order valence-corrected chi connectivity index (χ0v) is 13.0. The maximum atomic E-state index is 12.3. The molecule has 110 valence electrons. The number of likely N-dealkylation sites (tertiary alicyclic amines) is 1. The molecule has 0 spiro atoms. The Morgan fingerprint density at radius 2 is 1.95 bits per heavy atom. The summed E-state index contributed by atoms with van der Waals surface area (Å²) in [6, 6.07) is 2.95. The van der Waals surface area contributed by atoms with Crippen LogP contribution >= 0.6 is 23.2 Å². The molecule has 3 N–H and O–H groups in total. The summed E-state index contributed by atoms with van der Waals surface area (Å²) in [7, 11) is 0. The van der Waals surface area contributed by atoms with Crippen molar-refractivity contribution in [1.82, 2.24) is 4.90 Å². The Labute approximate surface area is 129 Å². The summed E-state index contributed by atoms with van der Waals surface area (Å²) in [6.07, 6.45) is 3.52. The highest BCUT2D eigenvalue weighted by Crippen LogP contribution is 2.32. The molecular formula is C14H19Cl2N3O. The van der Waals surface area contributed by atoms with Crippen LogP contribution in [0.4, 0.5) is 11.4 Å². The molecule has 2 rings (SSSR count). The van der Waals surface area contributed by atoms with Gasteiger partial charge in [0.25, 0.3) is 0 Å². The van der Waals surface area contributed by atoms with Gasteiger partial charge in [-0.05, 0) is 45.0 Å². The van der Waals surface area contributed by atoms with Crippen molar-refractivity contribution in [2.75, 3.05) is 24.1 Å². The Morgan fingerprint density at radius 1 is 1.30 bits per heavy atom. The lowest BCUT2D eigenvalue weighted by Crippen LogP contribution is -2.44. The van der Waals surface area contributed by atoms with Crippen LogP contribution in [0, 0.1) is 0 Å². The Bertz CT molecular complexity index is 478. The number of amides is 1. The summed E-state index contributed by atoms with van der Waals surface area (Å²) in [4.78, 5) is 14.5. The van der Waals surface area contributed by atoms with E-state index in [2.05, 4.69) is 10.2 Å². The molecule has 0 aliphatic carbocycles. The average Bonchev–Trinajstić information content (AvgIpc) is 2.42. The van der Waals surface area contributed by atoms with E-state index < -0.39 is 0 Å². The monoisotopic (exact) mass is 315 g/mol. The van der Waals surface area contributed by atoms with Crippen molar-refractivity contribution in [3.8, 4) is 0 Å². The number of carbonyl (C=O) groups excluding carboxylic acids is 1. The van der Waals surface area contributed by atoms with Gasteiger partial charge in [0.15, 0.2) is 0 Å². The number of nitrogens with one attached hydrogen (secondary N) is 1. The number of carbonyl (C=O) groups is 1. The van der Waals surface area contributed by atoms with Crippen LogP contribution in [0.1, 0.15) is 26.2 Å². The Kier molecular flexibility index (Phi) is 5.13. The van der Waals surface area contributed by atoms with Gasteiger partial charge < -0.3 is 11.1 Å². The summed E-state index contributed by atoms with van der Waals surface area (Å²) in [5, 5.41) is 3.62. The lowest BCUT2D eigenvalue weighted by Gasteiger charge is -2.31. The minimum atomic E-state index is -0.193. The van der Waals surface area contributed by atoms with Crippen molar-refractivity contribution >= 4 is 40.5 Å². The average molecular weight is 316 g/mol. The molecule has 4 nitrogen and oxygen atoms in total. The van der Waals surface area contributed by atoms with Crippen molar-refractivity contribution in [3.63, 3.8) is 0 Å². The van der Waals surface area contributed by atoms with Crippen molar-refractivity contribution < 1.29 is 4.79 Å². The Balaban J connectivity index is 2.07. The SMILES string of the molecule is CC(C(=O)Nc1c(N)cc(Cl)cc1Cl)N1CCCCC1. The summed E-state index contributed by atoms with van der Waals surface area (Å²) in [5.41, 5.74) is 6.66. The number of anilines is 2. The van der Waals surface area contributed by atoms with E-state index in [1.807, 2.05) is 6.92 Å². The fraction of sp³-hybridized carbons (Fsp3) is 0.500. The molecule has 1 aliphatic heterocycles. The number of nitrogen functional groups attached to an aromatic ring is 1. The first-order valence-corrected chi connectivity index (χ1v) is 7.54. The minimum Gasteiger partial charge on any atom is -0.397 e. The van der Waals surface area contributed by atoms with Gasteiger partial charge in [0.2, 0.25) is 5.91 Å². The largest absolute Gasteiger partial charge is 0.397 e. The standard InChI is InChI=1S/C14H19Cl2N3O/c1-9(19-5-3-2-4-6-19)14(20)18-13-11(16)7-10(15)8-12(13)17/h7-9H,2-6,17H2,1H3,(H,18,20). The third-order valence-corrected chi connectivity index (χ3v) is 4.17. The van der Waals surface area contributed by atoms with Crippen LogP contribution in [0.2, 0.25) is 10.0 Å². The zero-order valence-electron chi connectivity index (χ0n) is 11.5. The van der Waals surface area contributed by atoms with E-state index in [9.17, 15) is 4.79 Å². The van der Waals surface area contributed by atoms with Gasteiger partial charge in [0.05, 0.1) is 22.4 Å². The quantitative estimate of drug-likeness (QED) is 0.841. The lowest BCUT2D eigenvalue weighted by molar-refractivity contribution is -0.121. The molecule has 0 saturated carbocycles. The Morgan fingerprint density at radius 3 is 2.55 bits per heavy atom. The van der Waals surface area contributed by atoms with Gasteiger partial charge >= 0.3 is 0 Å². The molecule has 1 aromatic rings. The van der Waals surface area contributed by atoms with Crippen LogP contribution in [0.15, 0.2) is 12.1 Å². The molecular weight excluding hydrogens is 297 g/mol. The fourth-order valence-corrected chi connectivity index (χ4v) is 2.98. The molecule has 0 aromatic heterocycles. The summed E-state index contributed by atoms with van der Waals surface area (Å²) in [6.45, 7) is 3.82. The van der Waals surface area contributed by atoms with E-state index in [4.69, 9.17) is 28.9 Å². The van der Waals surface area contributed by atoms with E-state index in [-0.39, 0.29) is 11.9 Å². The van der Waals surface area contributed by atoms with Crippen molar-refractivity contribution in [1.29, 1.82) is 0 Å². The number of benzene rings is 1. The summed E-state index contributed by atoms with van der Waals surface area (Å²) < 4.78 is 0. The zero-order chi connectivity index (χ0) is 14.7. The number of piperidine rings is 1. The first kappa shape index (κ1) is 15.4.